The van der Waals surface area contributed by atoms with Gasteiger partial charge < -0.3 is 8.83 Å². The maximum atomic E-state index is 5.44. The Kier molecular flexibility index (Phi) is 6.66. The van der Waals surface area contributed by atoms with E-state index in [9.17, 15) is 0 Å². The standard InChI is InChI=1S/C18H14N4O2.C16H14/c1-11-19-21-17(23-11)15-7-3-13(4-8-15)14-5-9-16(10-6-14)18-22-20-12(2)24-18;1-11-13-7-3-5-9-15(13)12(2)16-10-6-4-8-14(11)16/h3-10H,1-2H3;3-10H,1-2H3. The number of hydrogen-bond acceptors (Lipinski definition) is 6. The van der Waals surface area contributed by atoms with Crippen LogP contribution in [0.1, 0.15) is 22.9 Å². The lowest BCUT2D eigenvalue weighted by atomic mass is 9.93. The first kappa shape index (κ1) is 25.2. The van der Waals surface area contributed by atoms with Gasteiger partial charge >= 0.3 is 0 Å². The fraction of sp³-hybridized carbons (Fsp3) is 0.118. The third kappa shape index (κ3) is 4.87. The van der Waals surface area contributed by atoms with Gasteiger partial charge in [-0.05, 0) is 81.9 Å². The van der Waals surface area contributed by atoms with Crippen molar-refractivity contribution in [3.63, 3.8) is 0 Å². The topological polar surface area (TPSA) is 77.8 Å². The van der Waals surface area contributed by atoms with Gasteiger partial charge in [-0.25, -0.2) is 0 Å². The number of nitrogens with zero attached hydrogens (tertiary/aromatic N) is 4. The summed E-state index contributed by atoms with van der Waals surface area (Å²) in [6.45, 7) is 7.98. The van der Waals surface area contributed by atoms with Crippen molar-refractivity contribution in [3.05, 3.63) is 120 Å². The van der Waals surface area contributed by atoms with Crippen molar-refractivity contribution in [1.82, 2.24) is 20.4 Å². The molecule has 7 aromatic rings. The number of hydrogen-bond donors (Lipinski definition) is 0. The molecule has 0 saturated carbocycles. The maximum absolute atomic E-state index is 5.44. The minimum absolute atomic E-state index is 0.529. The van der Waals surface area contributed by atoms with Crippen LogP contribution in [0.4, 0.5) is 0 Å². The second-order valence-electron chi connectivity index (χ2n) is 9.75. The van der Waals surface area contributed by atoms with Crippen molar-refractivity contribution in [2.75, 3.05) is 0 Å². The maximum Gasteiger partial charge on any atom is 0.247 e. The van der Waals surface area contributed by atoms with Gasteiger partial charge in [0.1, 0.15) is 0 Å². The fourth-order valence-corrected chi connectivity index (χ4v) is 5.00. The first-order valence-corrected chi connectivity index (χ1v) is 13.2. The second-order valence-corrected chi connectivity index (χ2v) is 9.75. The molecule has 6 heteroatoms. The molecule has 7 rings (SSSR count). The van der Waals surface area contributed by atoms with Crippen molar-refractivity contribution in [3.8, 4) is 34.0 Å². The first-order chi connectivity index (χ1) is 19.5. The van der Waals surface area contributed by atoms with Crippen LogP contribution < -0.4 is 0 Å². The first-order valence-electron chi connectivity index (χ1n) is 13.2. The minimum atomic E-state index is 0.529. The number of aryl methyl sites for hydroxylation is 4. The summed E-state index contributed by atoms with van der Waals surface area (Å²) < 4.78 is 10.9. The Morgan fingerprint density at radius 1 is 0.375 bits per heavy atom. The van der Waals surface area contributed by atoms with E-state index in [1.54, 1.807) is 13.8 Å². The van der Waals surface area contributed by atoms with Gasteiger partial charge in [-0.3, -0.25) is 0 Å². The molecule has 2 aromatic heterocycles. The lowest BCUT2D eigenvalue weighted by molar-refractivity contribution is 0.532. The zero-order valence-corrected chi connectivity index (χ0v) is 22.8. The molecule has 0 unspecified atom stereocenters. The number of rotatable bonds is 3. The van der Waals surface area contributed by atoms with E-state index < -0.39 is 0 Å². The molecule has 5 aromatic carbocycles. The molecule has 0 radical (unpaired) electrons. The van der Waals surface area contributed by atoms with Gasteiger partial charge in [-0.15, -0.1) is 20.4 Å². The molecule has 0 spiro atoms. The summed E-state index contributed by atoms with van der Waals surface area (Å²) in [5.41, 5.74) is 6.77. The number of fused-ring (bicyclic) bond motifs is 2. The van der Waals surface area contributed by atoms with E-state index in [1.807, 2.05) is 48.5 Å². The normalized spacial score (nSPS) is 11.0. The highest BCUT2D eigenvalue weighted by Crippen LogP contribution is 2.31. The van der Waals surface area contributed by atoms with Crippen LogP contribution in [0.5, 0.6) is 0 Å². The number of aromatic nitrogens is 4. The van der Waals surface area contributed by atoms with E-state index in [2.05, 4.69) is 82.8 Å². The molecule has 0 N–H and O–H groups in total. The molecule has 0 saturated heterocycles. The van der Waals surface area contributed by atoms with Gasteiger partial charge in [0.05, 0.1) is 0 Å². The van der Waals surface area contributed by atoms with Crippen LogP contribution >= 0.6 is 0 Å². The summed E-state index contributed by atoms with van der Waals surface area (Å²) in [7, 11) is 0. The highest BCUT2D eigenvalue weighted by Gasteiger charge is 2.09. The fourth-order valence-electron chi connectivity index (χ4n) is 5.00. The Bertz CT molecular complexity index is 1740. The molecule has 0 aliphatic carbocycles. The van der Waals surface area contributed by atoms with Crippen LogP contribution in [0.25, 0.3) is 55.6 Å². The molecule has 40 heavy (non-hydrogen) atoms. The van der Waals surface area contributed by atoms with Crippen LogP contribution in [0.3, 0.4) is 0 Å². The van der Waals surface area contributed by atoms with E-state index in [0.717, 1.165) is 22.3 Å². The molecule has 0 aliphatic rings. The van der Waals surface area contributed by atoms with E-state index >= 15 is 0 Å². The van der Waals surface area contributed by atoms with E-state index in [4.69, 9.17) is 8.83 Å². The monoisotopic (exact) mass is 524 g/mol. The van der Waals surface area contributed by atoms with Crippen molar-refractivity contribution in [2.45, 2.75) is 27.7 Å². The van der Waals surface area contributed by atoms with Crippen LogP contribution in [0, 0.1) is 27.7 Å². The van der Waals surface area contributed by atoms with Gasteiger partial charge in [0.15, 0.2) is 0 Å². The van der Waals surface area contributed by atoms with E-state index in [-0.39, 0.29) is 0 Å². The third-order valence-electron chi connectivity index (χ3n) is 7.12. The summed E-state index contributed by atoms with van der Waals surface area (Å²) in [6.07, 6.45) is 0. The van der Waals surface area contributed by atoms with Crippen LogP contribution in [0.15, 0.2) is 106 Å². The molecule has 0 atom stereocenters. The van der Waals surface area contributed by atoms with Crippen LogP contribution in [-0.2, 0) is 0 Å². The van der Waals surface area contributed by atoms with Gasteiger partial charge in [0.2, 0.25) is 23.6 Å². The van der Waals surface area contributed by atoms with E-state index in [0.29, 0.717) is 23.6 Å². The summed E-state index contributed by atoms with van der Waals surface area (Å²) in [5, 5.41) is 21.2. The highest BCUT2D eigenvalue weighted by atomic mass is 16.4. The molecule has 6 nitrogen and oxygen atoms in total. The predicted molar refractivity (Wildman–Crippen MR) is 159 cm³/mol. The lowest BCUT2D eigenvalue weighted by Crippen LogP contribution is -1.87. The van der Waals surface area contributed by atoms with Crippen LogP contribution in [0.2, 0.25) is 0 Å². The van der Waals surface area contributed by atoms with Crippen molar-refractivity contribution in [1.29, 1.82) is 0 Å². The summed E-state index contributed by atoms with van der Waals surface area (Å²) in [4.78, 5) is 0. The molecule has 0 bridgehead atoms. The SMILES string of the molecule is Cc1c2ccccc2c(C)c2ccccc12.Cc1nnc(-c2ccc(-c3ccc(-c4nnc(C)o4)cc3)cc2)o1. The highest BCUT2D eigenvalue weighted by molar-refractivity contribution is 6.05. The Morgan fingerprint density at radius 2 is 0.675 bits per heavy atom. The Hall–Kier alpha value is -5.10. The molecule has 0 aliphatic heterocycles. The van der Waals surface area contributed by atoms with Crippen molar-refractivity contribution in [2.24, 2.45) is 0 Å². The lowest BCUT2D eigenvalue weighted by Gasteiger charge is -2.11. The average molecular weight is 525 g/mol. The van der Waals surface area contributed by atoms with Crippen molar-refractivity contribution < 1.29 is 8.83 Å². The molecule has 196 valence electrons. The van der Waals surface area contributed by atoms with Gasteiger partial charge in [0.25, 0.3) is 0 Å². The smallest absolute Gasteiger partial charge is 0.247 e. The molecular formula is C34H28N4O2. The molecule has 0 fully saturated rings. The number of benzene rings is 5. The summed E-state index contributed by atoms with van der Waals surface area (Å²) >= 11 is 0. The summed E-state index contributed by atoms with van der Waals surface area (Å²) in [5.74, 6) is 2.17. The molecule has 2 heterocycles. The Balaban J connectivity index is 0.000000157. The van der Waals surface area contributed by atoms with Crippen LogP contribution in [-0.4, -0.2) is 20.4 Å². The quantitative estimate of drug-likeness (QED) is 0.215. The molecule has 0 amide bonds. The Morgan fingerprint density at radius 3 is 0.950 bits per heavy atom. The third-order valence-corrected chi connectivity index (χ3v) is 7.12. The zero-order valence-electron chi connectivity index (χ0n) is 22.8. The van der Waals surface area contributed by atoms with Gasteiger partial charge in [0, 0.05) is 25.0 Å². The minimum Gasteiger partial charge on any atom is -0.421 e. The average Bonchev–Trinajstić information content (AvgIpc) is 3.64. The molecular weight excluding hydrogens is 496 g/mol. The predicted octanol–water partition coefficient (Wildman–Crippen LogP) is 8.68. The van der Waals surface area contributed by atoms with E-state index in [1.165, 1.54) is 32.7 Å². The summed E-state index contributed by atoms with van der Waals surface area (Å²) in [6, 6.07) is 33.3. The zero-order chi connectivity index (χ0) is 27.6. The van der Waals surface area contributed by atoms with Crippen molar-refractivity contribution >= 4 is 21.5 Å². The Labute approximate surface area is 232 Å². The van der Waals surface area contributed by atoms with Gasteiger partial charge in [-0.1, -0.05) is 72.8 Å². The largest absolute Gasteiger partial charge is 0.421 e. The van der Waals surface area contributed by atoms with Gasteiger partial charge in [-0.2, -0.15) is 0 Å². The second kappa shape index (κ2) is 10.6.